The molecule has 1 aromatic rings. The highest BCUT2D eigenvalue weighted by Gasteiger charge is 2.18. The van der Waals surface area contributed by atoms with Gasteiger partial charge in [-0.3, -0.25) is 14.6 Å². The van der Waals surface area contributed by atoms with Crippen LogP contribution in [0.25, 0.3) is 0 Å². The molecule has 0 bridgehead atoms. The quantitative estimate of drug-likeness (QED) is 0.728. The molecule has 98 valence electrons. The van der Waals surface area contributed by atoms with Gasteiger partial charge in [-0.05, 0) is 26.2 Å². The fourth-order valence-electron chi connectivity index (χ4n) is 1.52. The lowest BCUT2D eigenvalue weighted by atomic mass is 10.1. The Morgan fingerprint density at radius 3 is 2.44 bits per heavy atom. The summed E-state index contributed by atoms with van der Waals surface area (Å²) < 4.78 is 0. The number of Topliss-reactive ketones (excluding diaryl/α,β-unsaturated/α-hetero) is 1. The first kappa shape index (κ1) is 14.3. The van der Waals surface area contributed by atoms with Crippen LogP contribution in [0.2, 0.25) is 0 Å². The maximum atomic E-state index is 12.2. The molecule has 1 aromatic heterocycles. The number of amides is 1. The van der Waals surface area contributed by atoms with E-state index in [1.54, 1.807) is 24.1 Å². The van der Waals surface area contributed by atoms with E-state index in [1.807, 2.05) is 19.0 Å². The van der Waals surface area contributed by atoms with Gasteiger partial charge in [0.2, 0.25) is 0 Å². The van der Waals surface area contributed by atoms with Crippen molar-refractivity contribution in [1.82, 2.24) is 14.8 Å². The first-order chi connectivity index (χ1) is 8.43. The van der Waals surface area contributed by atoms with Crippen LogP contribution in [-0.2, 0) is 0 Å². The van der Waals surface area contributed by atoms with Gasteiger partial charge in [0.1, 0.15) is 5.69 Å². The molecular weight excluding hydrogens is 230 g/mol. The molecule has 1 heterocycles. The van der Waals surface area contributed by atoms with Gasteiger partial charge in [0, 0.05) is 33.3 Å². The van der Waals surface area contributed by atoms with Gasteiger partial charge < -0.3 is 9.80 Å². The smallest absolute Gasteiger partial charge is 0.255 e. The summed E-state index contributed by atoms with van der Waals surface area (Å²) >= 11 is 0. The normalized spacial score (nSPS) is 10.5. The molecule has 18 heavy (non-hydrogen) atoms. The molecule has 0 aromatic carbocycles. The SMILES string of the molecule is CC(=O)c1ncccc1C(=O)N(C)CCN(C)C. The Morgan fingerprint density at radius 2 is 1.89 bits per heavy atom. The molecule has 5 heteroatoms. The van der Waals surface area contributed by atoms with E-state index < -0.39 is 0 Å². The summed E-state index contributed by atoms with van der Waals surface area (Å²) in [6.07, 6.45) is 1.52. The predicted octanol–water partition coefficient (Wildman–Crippen LogP) is 0.918. The summed E-state index contributed by atoms with van der Waals surface area (Å²) in [4.78, 5) is 31.2. The minimum absolute atomic E-state index is 0.171. The molecule has 0 radical (unpaired) electrons. The van der Waals surface area contributed by atoms with Gasteiger partial charge >= 0.3 is 0 Å². The molecule has 0 aliphatic rings. The summed E-state index contributed by atoms with van der Waals surface area (Å²) in [6, 6.07) is 3.30. The molecule has 0 aliphatic heterocycles. The maximum absolute atomic E-state index is 12.2. The Hall–Kier alpha value is -1.75. The average Bonchev–Trinajstić information content (AvgIpc) is 2.34. The number of hydrogen-bond acceptors (Lipinski definition) is 4. The van der Waals surface area contributed by atoms with Gasteiger partial charge in [-0.2, -0.15) is 0 Å². The van der Waals surface area contributed by atoms with Crippen molar-refractivity contribution in [3.8, 4) is 0 Å². The van der Waals surface area contributed by atoms with E-state index >= 15 is 0 Å². The van der Waals surface area contributed by atoms with E-state index in [4.69, 9.17) is 0 Å². The van der Waals surface area contributed by atoms with Crippen LogP contribution >= 0.6 is 0 Å². The summed E-state index contributed by atoms with van der Waals surface area (Å²) in [5.41, 5.74) is 0.602. The summed E-state index contributed by atoms with van der Waals surface area (Å²) in [7, 11) is 5.62. The molecule has 0 spiro atoms. The lowest BCUT2D eigenvalue weighted by Gasteiger charge is -2.20. The van der Waals surface area contributed by atoms with Crippen LogP contribution in [-0.4, -0.2) is 60.7 Å². The number of rotatable bonds is 5. The molecular formula is C13H19N3O2. The number of carbonyl (C=O) groups is 2. The van der Waals surface area contributed by atoms with E-state index in [9.17, 15) is 9.59 Å². The number of hydrogen-bond donors (Lipinski definition) is 0. The molecule has 0 N–H and O–H groups in total. The van der Waals surface area contributed by atoms with E-state index in [2.05, 4.69) is 4.98 Å². The van der Waals surface area contributed by atoms with Crippen LogP contribution in [0.5, 0.6) is 0 Å². The Morgan fingerprint density at radius 1 is 1.22 bits per heavy atom. The van der Waals surface area contributed by atoms with Crippen LogP contribution in [0.3, 0.4) is 0 Å². The van der Waals surface area contributed by atoms with E-state index in [-0.39, 0.29) is 17.4 Å². The summed E-state index contributed by atoms with van der Waals surface area (Å²) in [5, 5.41) is 0. The second-order valence-electron chi connectivity index (χ2n) is 4.49. The largest absolute Gasteiger partial charge is 0.340 e. The van der Waals surface area contributed by atoms with Gasteiger partial charge in [0.15, 0.2) is 5.78 Å². The number of likely N-dealkylation sites (N-methyl/N-ethyl adjacent to an activating group) is 2. The third-order valence-corrected chi connectivity index (χ3v) is 2.60. The van der Waals surface area contributed by atoms with Crippen LogP contribution in [0, 0.1) is 0 Å². The number of pyridine rings is 1. The van der Waals surface area contributed by atoms with Crippen molar-refractivity contribution in [1.29, 1.82) is 0 Å². The average molecular weight is 249 g/mol. The second kappa shape index (κ2) is 6.26. The van der Waals surface area contributed by atoms with Crippen molar-refractivity contribution >= 4 is 11.7 Å². The fourth-order valence-corrected chi connectivity index (χ4v) is 1.52. The minimum atomic E-state index is -0.194. The van der Waals surface area contributed by atoms with Crippen molar-refractivity contribution < 1.29 is 9.59 Å². The zero-order valence-corrected chi connectivity index (χ0v) is 11.3. The van der Waals surface area contributed by atoms with E-state index in [1.165, 1.54) is 13.1 Å². The van der Waals surface area contributed by atoms with Crippen LogP contribution in [0.1, 0.15) is 27.8 Å². The van der Waals surface area contributed by atoms with Crippen molar-refractivity contribution in [2.45, 2.75) is 6.92 Å². The highest BCUT2D eigenvalue weighted by Crippen LogP contribution is 2.09. The molecule has 1 amide bonds. The maximum Gasteiger partial charge on any atom is 0.255 e. The van der Waals surface area contributed by atoms with Gasteiger partial charge in [0.05, 0.1) is 5.56 Å². The summed E-state index contributed by atoms with van der Waals surface area (Å²) in [6.45, 7) is 2.80. The molecule has 0 saturated heterocycles. The van der Waals surface area contributed by atoms with Crippen LogP contribution in [0.15, 0.2) is 18.3 Å². The zero-order valence-electron chi connectivity index (χ0n) is 11.3. The number of carbonyl (C=O) groups excluding carboxylic acids is 2. The van der Waals surface area contributed by atoms with E-state index in [0.29, 0.717) is 12.1 Å². The Bertz CT molecular complexity index is 444. The number of ketones is 1. The Kier molecular flexibility index (Phi) is 4.97. The molecule has 0 atom stereocenters. The Labute approximate surface area is 107 Å². The first-order valence-electron chi connectivity index (χ1n) is 5.79. The molecule has 1 rings (SSSR count). The number of nitrogens with zero attached hydrogens (tertiary/aromatic N) is 3. The standard InChI is InChI=1S/C13H19N3O2/c1-10(17)12-11(6-5-7-14-12)13(18)16(4)9-8-15(2)3/h5-7H,8-9H2,1-4H3. The highest BCUT2D eigenvalue weighted by atomic mass is 16.2. The van der Waals surface area contributed by atoms with Crippen molar-refractivity contribution in [2.24, 2.45) is 0 Å². The molecule has 0 unspecified atom stereocenters. The predicted molar refractivity (Wildman–Crippen MR) is 69.8 cm³/mol. The minimum Gasteiger partial charge on any atom is -0.340 e. The first-order valence-corrected chi connectivity index (χ1v) is 5.79. The van der Waals surface area contributed by atoms with Gasteiger partial charge in [0.25, 0.3) is 5.91 Å². The van der Waals surface area contributed by atoms with Crippen molar-refractivity contribution in [3.63, 3.8) is 0 Å². The van der Waals surface area contributed by atoms with Gasteiger partial charge in [-0.25, -0.2) is 0 Å². The number of aromatic nitrogens is 1. The zero-order chi connectivity index (χ0) is 13.7. The van der Waals surface area contributed by atoms with Crippen LogP contribution < -0.4 is 0 Å². The third-order valence-electron chi connectivity index (χ3n) is 2.60. The molecule has 5 nitrogen and oxygen atoms in total. The molecule has 0 saturated carbocycles. The topological polar surface area (TPSA) is 53.5 Å². The fraction of sp³-hybridized carbons (Fsp3) is 0.462. The van der Waals surface area contributed by atoms with Crippen LogP contribution in [0.4, 0.5) is 0 Å². The van der Waals surface area contributed by atoms with Gasteiger partial charge in [-0.15, -0.1) is 0 Å². The summed E-state index contributed by atoms with van der Waals surface area (Å²) in [5.74, 6) is -0.366. The van der Waals surface area contributed by atoms with Crippen molar-refractivity contribution in [3.05, 3.63) is 29.6 Å². The Balaban J connectivity index is 2.86. The van der Waals surface area contributed by atoms with Gasteiger partial charge in [-0.1, -0.05) is 0 Å². The lowest BCUT2D eigenvalue weighted by Crippen LogP contribution is -2.34. The van der Waals surface area contributed by atoms with Crippen molar-refractivity contribution in [2.75, 3.05) is 34.2 Å². The third kappa shape index (κ3) is 3.63. The monoisotopic (exact) mass is 249 g/mol. The second-order valence-corrected chi connectivity index (χ2v) is 4.49. The highest BCUT2D eigenvalue weighted by molar-refractivity contribution is 6.05. The van der Waals surface area contributed by atoms with E-state index in [0.717, 1.165) is 6.54 Å². The lowest BCUT2D eigenvalue weighted by molar-refractivity contribution is 0.0780. The molecule has 0 aliphatic carbocycles. The molecule has 0 fully saturated rings.